The maximum absolute atomic E-state index is 12.9. The van der Waals surface area contributed by atoms with Crippen LogP contribution in [-0.4, -0.2) is 25.8 Å². The molecule has 0 saturated heterocycles. The molecule has 1 rings (SSSR count). The largest absolute Gasteiger partial charge is 0.387 e. The van der Waals surface area contributed by atoms with E-state index >= 15 is 0 Å². The number of hydrogen-bond acceptors (Lipinski definition) is 3. The number of aliphatic hydroxyl groups is 1. The van der Waals surface area contributed by atoms with Gasteiger partial charge in [0.25, 0.3) is 0 Å². The van der Waals surface area contributed by atoms with E-state index in [2.05, 4.69) is 4.72 Å². The Bertz CT molecular complexity index is 504. The molecule has 2 unspecified atom stereocenters. The highest BCUT2D eigenvalue weighted by molar-refractivity contribution is 7.88. The van der Waals surface area contributed by atoms with Crippen LogP contribution >= 0.6 is 0 Å². The number of aliphatic hydroxyl groups excluding tert-OH is 1. The first kappa shape index (κ1) is 14.0. The monoisotopic (exact) mass is 265 g/mol. The highest BCUT2D eigenvalue weighted by Crippen LogP contribution is 2.19. The number of nitrogens with one attached hydrogen (secondary N) is 1. The van der Waals surface area contributed by atoms with Crippen molar-refractivity contribution < 1.29 is 22.3 Å². The van der Waals surface area contributed by atoms with E-state index in [1.807, 2.05) is 0 Å². The van der Waals surface area contributed by atoms with Crippen molar-refractivity contribution in [3.05, 3.63) is 35.4 Å². The fraction of sp³-hybridized carbons (Fsp3) is 0.400. The molecule has 0 spiro atoms. The predicted octanol–water partition coefficient (Wildman–Crippen LogP) is 0.936. The van der Waals surface area contributed by atoms with E-state index in [0.29, 0.717) is 0 Å². The average molecular weight is 265 g/mol. The topological polar surface area (TPSA) is 66.4 Å². The molecule has 0 aliphatic heterocycles. The fourth-order valence-corrected chi connectivity index (χ4v) is 2.19. The van der Waals surface area contributed by atoms with E-state index in [1.54, 1.807) is 0 Å². The third kappa shape index (κ3) is 4.03. The molecule has 0 aliphatic rings. The second-order valence-corrected chi connectivity index (χ2v) is 5.58. The minimum atomic E-state index is -3.47. The van der Waals surface area contributed by atoms with Crippen LogP contribution in [0.5, 0.6) is 0 Å². The van der Waals surface area contributed by atoms with Gasteiger partial charge in [0.1, 0.15) is 0 Å². The molecule has 0 fully saturated rings. The molecular weight excluding hydrogens is 252 g/mol. The summed E-state index contributed by atoms with van der Waals surface area (Å²) < 4.78 is 49.6. The first-order chi connectivity index (χ1) is 7.70. The highest BCUT2D eigenvalue weighted by Gasteiger charge is 2.20. The normalized spacial score (nSPS) is 15.6. The Balaban J connectivity index is 2.88. The van der Waals surface area contributed by atoms with Gasteiger partial charge in [-0.05, 0) is 24.6 Å². The van der Waals surface area contributed by atoms with Crippen LogP contribution in [0.1, 0.15) is 18.6 Å². The van der Waals surface area contributed by atoms with Crippen LogP contribution in [0.2, 0.25) is 0 Å². The standard InChI is InChI=1S/C10H13F2NO3S/c1-6(13-17(2,15)16)10(14)7-3-4-8(11)9(12)5-7/h3-6,10,13-14H,1-2H3. The molecule has 0 aromatic heterocycles. The molecule has 7 heteroatoms. The second kappa shape index (κ2) is 5.07. The summed E-state index contributed by atoms with van der Waals surface area (Å²) in [5.41, 5.74) is 0.104. The van der Waals surface area contributed by atoms with Crippen LogP contribution < -0.4 is 4.72 Å². The molecular formula is C10H13F2NO3S. The fourth-order valence-electron chi connectivity index (χ4n) is 1.39. The third-order valence-corrected chi connectivity index (χ3v) is 2.96. The SMILES string of the molecule is CC(NS(C)(=O)=O)C(O)c1ccc(F)c(F)c1. The van der Waals surface area contributed by atoms with Gasteiger partial charge in [0.05, 0.1) is 12.4 Å². The summed E-state index contributed by atoms with van der Waals surface area (Å²) in [4.78, 5) is 0. The van der Waals surface area contributed by atoms with Gasteiger partial charge < -0.3 is 5.11 Å². The van der Waals surface area contributed by atoms with Gasteiger partial charge in [-0.25, -0.2) is 21.9 Å². The average Bonchev–Trinajstić information content (AvgIpc) is 2.18. The zero-order valence-corrected chi connectivity index (χ0v) is 10.1. The van der Waals surface area contributed by atoms with E-state index in [4.69, 9.17) is 0 Å². The number of sulfonamides is 1. The summed E-state index contributed by atoms with van der Waals surface area (Å²) in [5, 5.41) is 9.75. The van der Waals surface area contributed by atoms with Gasteiger partial charge in [0, 0.05) is 6.04 Å². The lowest BCUT2D eigenvalue weighted by Crippen LogP contribution is -2.36. The van der Waals surface area contributed by atoms with Crippen molar-refractivity contribution in [3.63, 3.8) is 0 Å². The molecule has 0 radical (unpaired) electrons. The number of rotatable bonds is 4. The van der Waals surface area contributed by atoms with Gasteiger partial charge in [-0.15, -0.1) is 0 Å². The molecule has 0 saturated carbocycles. The minimum absolute atomic E-state index is 0.104. The summed E-state index contributed by atoms with van der Waals surface area (Å²) in [6.45, 7) is 1.42. The molecule has 1 aromatic carbocycles. The zero-order chi connectivity index (χ0) is 13.2. The van der Waals surface area contributed by atoms with Gasteiger partial charge in [-0.2, -0.15) is 0 Å². The summed E-state index contributed by atoms with van der Waals surface area (Å²) in [7, 11) is -3.47. The first-order valence-electron chi connectivity index (χ1n) is 4.81. The molecule has 4 nitrogen and oxygen atoms in total. The van der Waals surface area contributed by atoms with Crippen molar-refractivity contribution in [3.8, 4) is 0 Å². The molecule has 0 aliphatic carbocycles. The van der Waals surface area contributed by atoms with Gasteiger partial charge >= 0.3 is 0 Å². The van der Waals surface area contributed by atoms with Gasteiger partial charge in [0.15, 0.2) is 11.6 Å². The number of halogens is 2. The minimum Gasteiger partial charge on any atom is -0.387 e. The molecule has 1 aromatic rings. The Morgan fingerprint density at radius 2 is 1.88 bits per heavy atom. The second-order valence-electron chi connectivity index (χ2n) is 3.80. The Morgan fingerprint density at radius 1 is 1.29 bits per heavy atom. The van der Waals surface area contributed by atoms with Crippen molar-refractivity contribution in [1.29, 1.82) is 0 Å². The molecule has 96 valence electrons. The van der Waals surface area contributed by atoms with Crippen molar-refractivity contribution in [2.24, 2.45) is 0 Å². The van der Waals surface area contributed by atoms with E-state index in [1.165, 1.54) is 13.0 Å². The lowest BCUT2D eigenvalue weighted by Gasteiger charge is -2.19. The summed E-state index contributed by atoms with van der Waals surface area (Å²) >= 11 is 0. The molecule has 17 heavy (non-hydrogen) atoms. The van der Waals surface area contributed by atoms with E-state index in [9.17, 15) is 22.3 Å². The van der Waals surface area contributed by atoms with Gasteiger partial charge in [0.2, 0.25) is 10.0 Å². The molecule has 2 atom stereocenters. The van der Waals surface area contributed by atoms with E-state index in [0.717, 1.165) is 18.4 Å². The van der Waals surface area contributed by atoms with Crippen molar-refractivity contribution in [1.82, 2.24) is 4.72 Å². The Morgan fingerprint density at radius 3 is 2.35 bits per heavy atom. The zero-order valence-electron chi connectivity index (χ0n) is 9.31. The van der Waals surface area contributed by atoms with E-state index < -0.39 is 33.8 Å². The first-order valence-corrected chi connectivity index (χ1v) is 6.70. The van der Waals surface area contributed by atoms with Crippen LogP contribution in [0, 0.1) is 11.6 Å². The Hall–Kier alpha value is -1.05. The third-order valence-electron chi connectivity index (χ3n) is 2.16. The maximum atomic E-state index is 12.9. The Labute approximate surface area is 98.3 Å². The van der Waals surface area contributed by atoms with E-state index in [-0.39, 0.29) is 5.56 Å². The number of hydrogen-bond donors (Lipinski definition) is 2. The quantitative estimate of drug-likeness (QED) is 0.851. The molecule has 0 heterocycles. The summed E-state index contributed by atoms with van der Waals surface area (Å²) in [6, 6.07) is 2.07. The van der Waals surface area contributed by atoms with Crippen LogP contribution in [0.15, 0.2) is 18.2 Å². The van der Waals surface area contributed by atoms with Crippen molar-refractivity contribution in [2.45, 2.75) is 19.1 Å². The van der Waals surface area contributed by atoms with Crippen LogP contribution in [0.3, 0.4) is 0 Å². The molecule has 2 N–H and O–H groups in total. The van der Waals surface area contributed by atoms with Crippen LogP contribution in [0.4, 0.5) is 8.78 Å². The molecule has 0 bridgehead atoms. The molecule has 0 amide bonds. The predicted molar refractivity (Wildman–Crippen MR) is 58.8 cm³/mol. The van der Waals surface area contributed by atoms with Gasteiger partial charge in [-0.3, -0.25) is 0 Å². The Kier molecular flexibility index (Phi) is 4.18. The summed E-state index contributed by atoms with van der Waals surface area (Å²) in [5.74, 6) is -2.11. The van der Waals surface area contributed by atoms with Crippen LogP contribution in [0.25, 0.3) is 0 Å². The van der Waals surface area contributed by atoms with Crippen molar-refractivity contribution in [2.75, 3.05) is 6.26 Å². The smallest absolute Gasteiger partial charge is 0.209 e. The number of benzene rings is 1. The lowest BCUT2D eigenvalue weighted by molar-refractivity contribution is 0.146. The van der Waals surface area contributed by atoms with Crippen LogP contribution in [-0.2, 0) is 10.0 Å². The maximum Gasteiger partial charge on any atom is 0.209 e. The highest BCUT2D eigenvalue weighted by atomic mass is 32.2. The summed E-state index contributed by atoms with van der Waals surface area (Å²) in [6.07, 6.45) is -0.304. The van der Waals surface area contributed by atoms with Gasteiger partial charge in [-0.1, -0.05) is 6.07 Å². The lowest BCUT2D eigenvalue weighted by atomic mass is 10.0. The van der Waals surface area contributed by atoms with Crippen molar-refractivity contribution >= 4 is 10.0 Å².